The van der Waals surface area contributed by atoms with E-state index >= 15 is 0 Å². The van der Waals surface area contributed by atoms with Crippen molar-refractivity contribution in [2.24, 2.45) is 0 Å². The van der Waals surface area contributed by atoms with Crippen molar-refractivity contribution in [2.75, 3.05) is 6.54 Å². The van der Waals surface area contributed by atoms with Crippen molar-refractivity contribution in [1.82, 2.24) is 15.5 Å². The number of benzene rings is 1. The first-order chi connectivity index (χ1) is 13.6. The van der Waals surface area contributed by atoms with Gasteiger partial charge in [0.15, 0.2) is 0 Å². The molecule has 1 unspecified atom stereocenters. The number of hydrogen-bond donors (Lipinski definition) is 3. The Morgan fingerprint density at radius 1 is 1.03 bits per heavy atom. The third kappa shape index (κ3) is 7.93. The van der Waals surface area contributed by atoms with Crippen LogP contribution < -0.4 is 10.6 Å². The monoisotopic (exact) mass is 421 g/mol. The number of nitrogens with zero attached hydrogens (tertiary/aromatic N) is 1. The van der Waals surface area contributed by atoms with Crippen LogP contribution in [0.25, 0.3) is 0 Å². The van der Waals surface area contributed by atoms with Gasteiger partial charge < -0.3 is 25.4 Å². The highest BCUT2D eigenvalue weighted by Crippen LogP contribution is 2.30. The zero-order chi connectivity index (χ0) is 23.3. The van der Waals surface area contributed by atoms with E-state index in [9.17, 15) is 19.5 Å². The zero-order valence-electron chi connectivity index (χ0n) is 19.2. The van der Waals surface area contributed by atoms with Crippen LogP contribution in [0.5, 0.6) is 5.75 Å². The first-order valence-electron chi connectivity index (χ1n) is 10.00. The molecule has 168 valence electrons. The molecule has 8 nitrogen and oxygen atoms in total. The van der Waals surface area contributed by atoms with Gasteiger partial charge in [0.25, 0.3) is 0 Å². The van der Waals surface area contributed by atoms with Crippen LogP contribution >= 0.6 is 0 Å². The van der Waals surface area contributed by atoms with Crippen molar-refractivity contribution in [3.05, 3.63) is 29.8 Å². The summed E-state index contributed by atoms with van der Waals surface area (Å²) in [5.74, 6) is -0.733. The van der Waals surface area contributed by atoms with Gasteiger partial charge in [-0.1, -0.05) is 12.1 Å². The lowest BCUT2D eigenvalue weighted by Crippen LogP contribution is -2.55. The van der Waals surface area contributed by atoms with Gasteiger partial charge in [-0.15, -0.1) is 0 Å². The Kier molecular flexibility index (Phi) is 8.27. The van der Waals surface area contributed by atoms with Crippen LogP contribution in [0, 0.1) is 0 Å². The average molecular weight is 422 g/mol. The molecule has 0 saturated heterocycles. The Hall–Kier alpha value is -2.77. The highest BCUT2D eigenvalue weighted by Gasteiger charge is 2.38. The molecular formula is C22H35N3O5. The molecule has 8 heteroatoms. The second kappa shape index (κ2) is 9.82. The van der Waals surface area contributed by atoms with Crippen molar-refractivity contribution in [1.29, 1.82) is 0 Å². The number of rotatable bonds is 6. The highest BCUT2D eigenvalue weighted by molar-refractivity contribution is 5.91. The molecule has 30 heavy (non-hydrogen) atoms. The van der Waals surface area contributed by atoms with E-state index in [4.69, 9.17) is 4.74 Å². The minimum atomic E-state index is -0.944. The lowest BCUT2D eigenvalue weighted by Gasteiger charge is -2.41. The minimum absolute atomic E-state index is 0.0574. The number of hydrogen-bond acceptors (Lipinski definition) is 5. The molecule has 1 rings (SSSR count). The molecule has 3 N–H and O–H groups in total. The fourth-order valence-corrected chi connectivity index (χ4v) is 2.89. The van der Waals surface area contributed by atoms with E-state index in [2.05, 4.69) is 10.6 Å². The summed E-state index contributed by atoms with van der Waals surface area (Å²) in [7, 11) is 0. The van der Waals surface area contributed by atoms with Crippen LogP contribution in [0.3, 0.4) is 0 Å². The number of aromatic hydroxyl groups is 1. The quantitative estimate of drug-likeness (QED) is 0.654. The van der Waals surface area contributed by atoms with E-state index in [0.717, 1.165) is 0 Å². The maximum atomic E-state index is 13.2. The Labute approximate surface area is 179 Å². The average Bonchev–Trinajstić information content (AvgIpc) is 2.55. The Bertz CT molecular complexity index is 746. The van der Waals surface area contributed by atoms with Crippen LogP contribution in [-0.4, -0.2) is 51.6 Å². The number of nitrogens with one attached hydrogen (secondary N) is 2. The van der Waals surface area contributed by atoms with Crippen LogP contribution in [0.15, 0.2) is 24.3 Å². The molecular weight excluding hydrogens is 386 g/mol. The first kappa shape index (κ1) is 25.3. The van der Waals surface area contributed by atoms with Gasteiger partial charge in [0.1, 0.15) is 23.9 Å². The summed E-state index contributed by atoms with van der Waals surface area (Å²) < 4.78 is 5.18. The normalized spacial score (nSPS) is 12.8. The summed E-state index contributed by atoms with van der Waals surface area (Å²) in [6.07, 6.45) is -0.711. The van der Waals surface area contributed by atoms with Gasteiger partial charge in [-0.3, -0.25) is 9.59 Å². The molecule has 0 aliphatic heterocycles. The summed E-state index contributed by atoms with van der Waals surface area (Å²) >= 11 is 0. The maximum absolute atomic E-state index is 13.2. The standard InChI is InChI=1S/C22H35N3O5/c1-14(2)24-19(28)18(15-9-11-16(26)12-10-15)25(21(3,4)5)17(27)13-23-20(29)30-22(6,7)8/h9-12,14,18,26H,13H2,1-8H3,(H,23,29)(H,24,28). The van der Waals surface area contributed by atoms with Crippen molar-refractivity contribution in [2.45, 2.75) is 78.6 Å². The number of phenols is 1. The van der Waals surface area contributed by atoms with E-state index in [0.29, 0.717) is 5.56 Å². The van der Waals surface area contributed by atoms with Crippen LogP contribution in [0.4, 0.5) is 4.79 Å². The van der Waals surface area contributed by atoms with Crippen LogP contribution in [0.1, 0.15) is 67.0 Å². The number of alkyl carbamates (subject to hydrolysis) is 1. The van der Waals surface area contributed by atoms with E-state index in [1.807, 2.05) is 34.6 Å². The first-order valence-corrected chi connectivity index (χ1v) is 10.00. The summed E-state index contributed by atoms with van der Waals surface area (Å²) in [6.45, 7) is 14.0. The fraction of sp³-hybridized carbons (Fsp3) is 0.591. The molecule has 0 aromatic heterocycles. The van der Waals surface area contributed by atoms with Gasteiger partial charge in [0.2, 0.25) is 11.8 Å². The third-order valence-electron chi connectivity index (χ3n) is 3.92. The van der Waals surface area contributed by atoms with Gasteiger partial charge in [-0.25, -0.2) is 4.79 Å². The molecule has 0 saturated carbocycles. The lowest BCUT2D eigenvalue weighted by molar-refractivity contribution is -0.146. The molecule has 0 aliphatic carbocycles. The molecule has 1 aromatic carbocycles. The molecule has 3 amide bonds. The molecule has 1 aromatic rings. The molecule has 0 radical (unpaired) electrons. The molecule has 0 heterocycles. The van der Waals surface area contributed by atoms with Crippen LogP contribution in [0.2, 0.25) is 0 Å². The molecule has 0 bridgehead atoms. The van der Waals surface area contributed by atoms with Gasteiger partial charge in [0, 0.05) is 11.6 Å². The molecule has 0 fully saturated rings. The maximum Gasteiger partial charge on any atom is 0.408 e. The second-order valence-corrected chi connectivity index (χ2v) is 9.45. The van der Waals surface area contributed by atoms with Crippen molar-refractivity contribution < 1.29 is 24.2 Å². The van der Waals surface area contributed by atoms with Crippen molar-refractivity contribution in [3.8, 4) is 5.75 Å². The zero-order valence-corrected chi connectivity index (χ0v) is 19.2. The van der Waals surface area contributed by atoms with E-state index in [1.165, 1.54) is 17.0 Å². The minimum Gasteiger partial charge on any atom is -0.508 e. The van der Waals surface area contributed by atoms with Gasteiger partial charge in [-0.2, -0.15) is 0 Å². The number of amides is 3. The second-order valence-electron chi connectivity index (χ2n) is 9.45. The highest BCUT2D eigenvalue weighted by atomic mass is 16.6. The fourth-order valence-electron chi connectivity index (χ4n) is 2.89. The van der Waals surface area contributed by atoms with Crippen molar-refractivity contribution >= 4 is 17.9 Å². The summed E-state index contributed by atoms with van der Waals surface area (Å²) in [5.41, 5.74) is -0.877. The van der Waals surface area contributed by atoms with Crippen LogP contribution in [-0.2, 0) is 14.3 Å². The predicted octanol–water partition coefficient (Wildman–Crippen LogP) is 3.11. The number of ether oxygens (including phenoxy) is 1. The number of phenolic OH excluding ortho intramolecular Hbond substituents is 1. The van der Waals surface area contributed by atoms with Gasteiger partial charge >= 0.3 is 6.09 Å². The Morgan fingerprint density at radius 2 is 1.57 bits per heavy atom. The van der Waals surface area contributed by atoms with E-state index in [-0.39, 0.29) is 24.2 Å². The molecule has 1 atom stereocenters. The molecule has 0 aliphatic rings. The third-order valence-corrected chi connectivity index (χ3v) is 3.92. The van der Waals surface area contributed by atoms with Gasteiger partial charge in [0.05, 0.1) is 0 Å². The number of carbonyl (C=O) groups excluding carboxylic acids is 3. The largest absolute Gasteiger partial charge is 0.508 e. The summed E-state index contributed by atoms with van der Waals surface area (Å²) in [6, 6.07) is 5.07. The predicted molar refractivity (Wildman–Crippen MR) is 115 cm³/mol. The Balaban J connectivity index is 3.23. The molecule has 0 spiro atoms. The van der Waals surface area contributed by atoms with E-state index in [1.54, 1.807) is 32.9 Å². The van der Waals surface area contributed by atoms with Crippen molar-refractivity contribution in [3.63, 3.8) is 0 Å². The van der Waals surface area contributed by atoms with Gasteiger partial charge in [-0.05, 0) is 73.1 Å². The number of carbonyl (C=O) groups is 3. The summed E-state index contributed by atoms with van der Waals surface area (Å²) in [5, 5.41) is 14.9. The van der Waals surface area contributed by atoms with E-state index < -0.39 is 29.2 Å². The Morgan fingerprint density at radius 3 is 2.00 bits per heavy atom. The smallest absolute Gasteiger partial charge is 0.408 e. The summed E-state index contributed by atoms with van der Waals surface area (Å²) in [4.78, 5) is 39.7. The lowest BCUT2D eigenvalue weighted by atomic mass is 9.96. The SMILES string of the molecule is CC(C)NC(=O)C(c1ccc(O)cc1)N(C(=O)CNC(=O)OC(C)(C)C)C(C)(C)C. The topological polar surface area (TPSA) is 108 Å².